The van der Waals surface area contributed by atoms with Crippen LogP contribution in [-0.4, -0.2) is 42.2 Å². The van der Waals surface area contributed by atoms with E-state index in [1.54, 1.807) is 36.1 Å². The molecule has 4 heterocycles. The van der Waals surface area contributed by atoms with Crippen LogP contribution in [0.25, 0.3) is 16.2 Å². The van der Waals surface area contributed by atoms with Crippen LogP contribution in [0.3, 0.4) is 0 Å². The minimum Gasteiger partial charge on any atom is -0.334 e. The Morgan fingerprint density at radius 1 is 1.23 bits per heavy atom. The van der Waals surface area contributed by atoms with Gasteiger partial charge in [-0.3, -0.25) is 9.48 Å². The number of nitrogens with zero attached hydrogens (tertiary/aromatic N) is 6. The van der Waals surface area contributed by atoms with Gasteiger partial charge in [-0.2, -0.15) is 23.4 Å². The van der Waals surface area contributed by atoms with Gasteiger partial charge < -0.3 is 4.90 Å². The van der Waals surface area contributed by atoms with E-state index in [0.29, 0.717) is 19.4 Å². The summed E-state index contributed by atoms with van der Waals surface area (Å²) in [6.07, 6.45) is -2.96. The quantitative estimate of drug-likeness (QED) is 0.465. The van der Waals surface area contributed by atoms with Crippen molar-refractivity contribution in [2.45, 2.75) is 12.7 Å². The smallest absolute Gasteiger partial charge is 0.334 e. The molecule has 4 aromatic rings. The molecule has 0 unspecified atom stereocenters. The first kappa shape index (κ1) is 20.4. The molecule has 0 aromatic carbocycles. The number of amides is 1. The molecule has 156 valence electrons. The number of aromatic nitrogens is 5. The number of hydrogen-bond acceptors (Lipinski definition) is 5. The van der Waals surface area contributed by atoms with Gasteiger partial charge in [-0.1, -0.05) is 11.6 Å². The zero-order valence-electron chi connectivity index (χ0n) is 15.7. The molecular formula is C18H14ClF3N6OS. The zero-order valence-corrected chi connectivity index (χ0v) is 17.3. The van der Waals surface area contributed by atoms with Crippen LogP contribution in [0.2, 0.25) is 4.34 Å². The average Bonchev–Trinajstić information content (AvgIpc) is 3.38. The molecule has 7 nitrogen and oxygen atoms in total. The number of hydrogen-bond donors (Lipinski definition) is 0. The number of fused-ring (bicyclic) bond motifs is 1. The summed E-state index contributed by atoms with van der Waals surface area (Å²) in [5.74, 6) is -0.542. The second-order valence-electron chi connectivity index (χ2n) is 6.57. The highest BCUT2D eigenvalue weighted by atomic mass is 35.5. The van der Waals surface area contributed by atoms with Gasteiger partial charge in [0, 0.05) is 26.4 Å². The van der Waals surface area contributed by atoms with Crippen LogP contribution in [0, 0.1) is 0 Å². The molecule has 0 saturated heterocycles. The van der Waals surface area contributed by atoms with E-state index in [2.05, 4.69) is 15.2 Å². The molecule has 0 N–H and O–H groups in total. The second kappa shape index (κ2) is 7.40. The van der Waals surface area contributed by atoms with Crippen molar-refractivity contribution < 1.29 is 18.0 Å². The zero-order chi connectivity index (χ0) is 21.6. The molecule has 0 fully saturated rings. The molecule has 0 aliphatic rings. The summed E-state index contributed by atoms with van der Waals surface area (Å²) in [6.45, 7) is 0.187. The monoisotopic (exact) mass is 454 g/mol. The van der Waals surface area contributed by atoms with Crippen molar-refractivity contribution in [2.75, 3.05) is 7.05 Å². The lowest BCUT2D eigenvalue weighted by Crippen LogP contribution is -2.27. The first-order valence-electron chi connectivity index (χ1n) is 8.59. The Bertz CT molecular complexity index is 1240. The molecule has 0 atom stereocenters. The van der Waals surface area contributed by atoms with Gasteiger partial charge in [0.15, 0.2) is 17.0 Å². The number of thiophene rings is 1. The third-order valence-corrected chi connectivity index (χ3v) is 5.53. The third-order valence-electron chi connectivity index (χ3n) is 4.28. The van der Waals surface area contributed by atoms with Crippen molar-refractivity contribution in [1.29, 1.82) is 0 Å². The van der Waals surface area contributed by atoms with Gasteiger partial charge in [-0.25, -0.2) is 9.50 Å². The Labute approximate surface area is 177 Å². The summed E-state index contributed by atoms with van der Waals surface area (Å²) in [5.41, 5.74) is -0.513. The van der Waals surface area contributed by atoms with E-state index in [9.17, 15) is 18.0 Å². The standard InChI is InChI=1S/C18H14ClF3N6OS/c1-26(9-10-5-6-27(2)24-10)17(29)12-8-16-23-11(13-3-4-15(19)30-13)7-14(18(20,21)22)28(16)25-12/h3-8H,9H2,1-2H3. The maximum Gasteiger partial charge on any atom is 0.433 e. The van der Waals surface area contributed by atoms with E-state index in [1.165, 1.54) is 18.0 Å². The number of alkyl halides is 3. The fourth-order valence-electron chi connectivity index (χ4n) is 2.92. The van der Waals surface area contributed by atoms with Crippen LogP contribution in [0.5, 0.6) is 0 Å². The number of halogens is 4. The maximum absolute atomic E-state index is 13.7. The topological polar surface area (TPSA) is 68.3 Å². The lowest BCUT2D eigenvalue weighted by atomic mass is 10.2. The molecule has 1 amide bonds. The number of aryl methyl sites for hydroxylation is 1. The minimum absolute atomic E-state index is 0.0843. The molecule has 0 spiro atoms. The third kappa shape index (κ3) is 3.90. The number of carbonyl (C=O) groups is 1. The minimum atomic E-state index is -4.69. The fraction of sp³-hybridized carbons (Fsp3) is 0.222. The van der Waals surface area contributed by atoms with E-state index < -0.39 is 17.8 Å². The molecule has 0 saturated carbocycles. The van der Waals surface area contributed by atoms with Crippen LogP contribution in [0.4, 0.5) is 13.2 Å². The van der Waals surface area contributed by atoms with Crippen LogP contribution < -0.4 is 0 Å². The molecule has 4 rings (SSSR count). The van der Waals surface area contributed by atoms with Crippen LogP contribution >= 0.6 is 22.9 Å². The van der Waals surface area contributed by atoms with Gasteiger partial charge >= 0.3 is 6.18 Å². The summed E-state index contributed by atoms with van der Waals surface area (Å²) >= 11 is 7.01. The highest BCUT2D eigenvalue weighted by molar-refractivity contribution is 7.19. The lowest BCUT2D eigenvalue weighted by molar-refractivity contribution is -0.142. The van der Waals surface area contributed by atoms with Crippen LogP contribution in [0.15, 0.2) is 36.5 Å². The highest BCUT2D eigenvalue weighted by Crippen LogP contribution is 2.35. The second-order valence-corrected chi connectivity index (χ2v) is 8.28. The van der Waals surface area contributed by atoms with E-state index in [4.69, 9.17) is 11.6 Å². The van der Waals surface area contributed by atoms with Crippen LogP contribution in [0.1, 0.15) is 21.9 Å². The Kier molecular flexibility index (Phi) is 5.02. The van der Waals surface area contributed by atoms with Crippen molar-refractivity contribution in [3.8, 4) is 10.6 Å². The lowest BCUT2D eigenvalue weighted by Gasteiger charge is -2.14. The Hall–Kier alpha value is -2.92. The van der Waals surface area contributed by atoms with Gasteiger partial charge in [0.2, 0.25) is 0 Å². The van der Waals surface area contributed by atoms with Crippen LogP contribution in [-0.2, 0) is 19.8 Å². The normalized spacial score (nSPS) is 11.9. The summed E-state index contributed by atoms with van der Waals surface area (Å²) in [4.78, 5) is 18.8. The van der Waals surface area contributed by atoms with Gasteiger partial charge in [0.05, 0.1) is 27.1 Å². The Balaban J connectivity index is 1.74. The summed E-state index contributed by atoms with van der Waals surface area (Å²) < 4.78 is 43.6. The molecule has 0 radical (unpaired) electrons. The number of carbonyl (C=O) groups excluding carboxylic acids is 1. The first-order chi connectivity index (χ1) is 14.1. The predicted octanol–water partition coefficient (Wildman–Crippen LogP) is 4.14. The van der Waals surface area contributed by atoms with E-state index in [-0.39, 0.29) is 23.6 Å². The molecular weight excluding hydrogens is 441 g/mol. The SMILES string of the molecule is CN(Cc1ccn(C)n1)C(=O)c1cc2nc(-c3ccc(Cl)s3)cc(C(F)(F)F)n2n1. The largest absolute Gasteiger partial charge is 0.433 e. The molecule has 0 bridgehead atoms. The Morgan fingerprint density at radius 3 is 2.60 bits per heavy atom. The van der Waals surface area contributed by atoms with Crippen molar-refractivity contribution in [2.24, 2.45) is 7.05 Å². The highest BCUT2D eigenvalue weighted by Gasteiger charge is 2.36. The molecule has 30 heavy (non-hydrogen) atoms. The van der Waals surface area contributed by atoms with Gasteiger partial charge in [0.1, 0.15) is 0 Å². The van der Waals surface area contributed by atoms with Crippen molar-refractivity contribution in [3.63, 3.8) is 0 Å². The average molecular weight is 455 g/mol. The Morgan fingerprint density at radius 2 is 2.00 bits per heavy atom. The van der Waals surface area contributed by atoms with Crippen molar-refractivity contribution in [1.82, 2.24) is 29.3 Å². The summed E-state index contributed by atoms with van der Waals surface area (Å²) in [7, 11) is 3.27. The molecule has 0 aliphatic heterocycles. The van der Waals surface area contributed by atoms with Crippen molar-refractivity contribution >= 4 is 34.5 Å². The summed E-state index contributed by atoms with van der Waals surface area (Å²) in [5, 5.41) is 8.07. The first-order valence-corrected chi connectivity index (χ1v) is 9.79. The fourth-order valence-corrected chi connectivity index (χ4v) is 3.92. The molecule has 0 aliphatic carbocycles. The van der Waals surface area contributed by atoms with Crippen molar-refractivity contribution in [3.05, 3.63) is 57.9 Å². The summed E-state index contributed by atoms with van der Waals surface area (Å²) in [6, 6.07) is 7.06. The number of rotatable bonds is 4. The van der Waals surface area contributed by atoms with Gasteiger partial charge in [0.25, 0.3) is 5.91 Å². The molecule has 4 aromatic heterocycles. The van der Waals surface area contributed by atoms with E-state index in [0.717, 1.165) is 17.4 Å². The van der Waals surface area contributed by atoms with Gasteiger partial charge in [-0.15, -0.1) is 11.3 Å². The predicted molar refractivity (Wildman–Crippen MR) is 105 cm³/mol. The maximum atomic E-state index is 13.7. The van der Waals surface area contributed by atoms with E-state index >= 15 is 0 Å². The van der Waals surface area contributed by atoms with Gasteiger partial charge in [-0.05, 0) is 24.3 Å². The van der Waals surface area contributed by atoms with E-state index in [1.807, 2.05) is 0 Å². The molecule has 12 heteroatoms.